The molecule has 0 unspecified atom stereocenters. The number of carbonyl (C=O) groups excluding carboxylic acids is 1. The lowest BCUT2D eigenvalue weighted by atomic mass is 9.82. The van der Waals surface area contributed by atoms with Crippen LogP contribution in [-0.4, -0.2) is 45.5 Å². The maximum absolute atomic E-state index is 13.0. The quantitative estimate of drug-likeness (QED) is 0.737. The fourth-order valence-corrected chi connectivity index (χ4v) is 4.41. The van der Waals surface area contributed by atoms with E-state index in [0.717, 1.165) is 6.42 Å². The summed E-state index contributed by atoms with van der Waals surface area (Å²) in [6.07, 6.45) is 6.64. The fraction of sp³-hybridized carbons (Fsp3) is 0.905. The molecule has 2 rings (SSSR count). The average Bonchev–Trinajstić information content (AvgIpc) is 2.76. The summed E-state index contributed by atoms with van der Waals surface area (Å²) < 4.78 is 11.9. The first-order valence-electron chi connectivity index (χ1n) is 10.3. The van der Waals surface area contributed by atoms with Crippen molar-refractivity contribution in [1.82, 2.24) is 4.90 Å². The number of hydrogen-bond acceptors (Lipinski definition) is 4. The smallest absolute Gasteiger partial charge is 0.412 e. The maximum Gasteiger partial charge on any atom is 0.412 e. The molecule has 1 aliphatic carbocycles. The Morgan fingerprint density at radius 1 is 1.22 bits per heavy atom. The first-order valence-corrected chi connectivity index (χ1v) is 10.3. The molecule has 1 heterocycles. The van der Waals surface area contributed by atoms with Gasteiger partial charge in [-0.2, -0.15) is 0 Å². The molecule has 0 radical (unpaired) electrons. The predicted molar refractivity (Wildman–Crippen MR) is 103 cm³/mol. The zero-order chi connectivity index (χ0) is 20.4. The van der Waals surface area contributed by atoms with E-state index in [-0.39, 0.29) is 18.2 Å². The van der Waals surface area contributed by atoms with E-state index in [9.17, 15) is 14.7 Å². The first-order chi connectivity index (χ1) is 12.4. The van der Waals surface area contributed by atoms with Crippen molar-refractivity contribution in [2.45, 2.75) is 110 Å². The number of rotatable bonds is 5. The largest absolute Gasteiger partial charge is 0.481 e. The molecule has 2 aliphatic rings. The van der Waals surface area contributed by atoms with Crippen molar-refractivity contribution in [3.05, 3.63) is 0 Å². The molecule has 6 heteroatoms. The summed E-state index contributed by atoms with van der Waals surface area (Å²) in [6.45, 7) is 11.0. The Kier molecular flexibility index (Phi) is 6.82. The highest BCUT2D eigenvalue weighted by atomic mass is 16.6. The lowest BCUT2D eigenvalue weighted by Crippen LogP contribution is -2.51. The van der Waals surface area contributed by atoms with E-state index in [4.69, 9.17) is 9.47 Å². The van der Waals surface area contributed by atoms with E-state index < -0.39 is 23.2 Å². The molecule has 3 atom stereocenters. The summed E-state index contributed by atoms with van der Waals surface area (Å²) in [5, 5.41) is 9.35. The summed E-state index contributed by atoms with van der Waals surface area (Å²) in [6, 6.07) is -0.153. The van der Waals surface area contributed by atoms with Gasteiger partial charge in [0, 0.05) is 0 Å². The van der Waals surface area contributed by atoms with Gasteiger partial charge in [0.05, 0.1) is 18.1 Å². The topological polar surface area (TPSA) is 76.1 Å². The summed E-state index contributed by atoms with van der Waals surface area (Å²) in [4.78, 5) is 26.1. The van der Waals surface area contributed by atoms with Gasteiger partial charge in [0.15, 0.2) is 0 Å². The summed E-state index contributed by atoms with van der Waals surface area (Å²) in [5.41, 5.74) is -1.40. The van der Waals surface area contributed by atoms with Crippen molar-refractivity contribution < 1.29 is 24.2 Å². The van der Waals surface area contributed by atoms with Gasteiger partial charge >= 0.3 is 12.1 Å². The molecule has 156 valence electrons. The summed E-state index contributed by atoms with van der Waals surface area (Å²) in [5.74, 6) is -0.796. The van der Waals surface area contributed by atoms with E-state index in [1.807, 2.05) is 34.6 Å². The monoisotopic (exact) mass is 383 g/mol. The number of amides is 1. The highest BCUT2D eigenvalue weighted by molar-refractivity contribution is 5.71. The molecule has 1 saturated heterocycles. The molecule has 1 saturated carbocycles. The first kappa shape index (κ1) is 22.0. The van der Waals surface area contributed by atoms with Gasteiger partial charge in [-0.15, -0.1) is 0 Å². The molecule has 0 aromatic rings. The second kappa shape index (κ2) is 8.38. The number of aliphatic carboxylic acids is 1. The van der Waals surface area contributed by atoms with E-state index >= 15 is 0 Å². The van der Waals surface area contributed by atoms with Crippen LogP contribution in [0.3, 0.4) is 0 Å². The second-order valence-electron chi connectivity index (χ2n) is 9.74. The zero-order valence-electron chi connectivity index (χ0n) is 17.8. The van der Waals surface area contributed by atoms with Gasteiger partial charge in [0.2, 0.25) is 0 Å². The zero-order valence-corrected chi connectivity index (χ0v) is 17.8. The summed E-state index contributed by atoms with van der Waals surface area (Å²) in [7, 11) is 0. The second-order valence-corrected chi connectivity index (χ2v) is 9.74. The molecule has 2 fully saturated rings. The third kappa shape index (κ3) is 5.84. The van der Waals surface area contributed by atoms with E-state index in [1.165, 1.54) is 32.1 Å². The van der Waals surface area contributed by atoms with Crippen LogP contribution >= 0.6 is 0 Å². The van der Waals surface area contributed by atoms with Gasteiger partial charge in [0.25, 0.3) is 0 Å². The molecule has 0 spiro atoms. The van der Waals surface area contributed by atoms with Gasteiger partial charge in [-0.1, -0.05) is 39.0 Å². The van der Waals surface area contributed by atoms with E-state index in [0.29, 0.717) is 12.3 Å². The third-order valence-electron chi connectivity index (χ3n) is 5.68. The Bertz CT molecular complexity index is 533. The van der Waals surface area contributed by atoms with Gasteiger partial charge in [-0.05, 0) is 53.4 Å². The Hall–Kier alpha value is -1.30. The van der Waals surface area contributed by atoms with Crippen LogP contribution in [-0.2, 0) is 14.3 Å². The lowest BCUT2D eigenvalue weighted by Gasteiger charge is -2.37. The van der Waals surface area contributed by atoms with Crippen LogP contribution in [0.1, 0.15) is 86.5 Å². The standard InChI is InChI=1S/C21H37NO5/c1-14(18(23)24)12-17-16(13-15-10-8-7-9-11-15)22(21(5,6)26-17)19(25)27-20(2,3)4/h14-17H,7-13H2,1-6H3,(H,23,24)/t14-,16-,17-/m0/s1. The predicted octanol–water partition coefficient (Wildman–Crippen LogP) is 4.81. The Morgan fingerprint density at radius 3 is 2.33 bits per heavy atom. The number of carboxylic acid groups (broad SMARTS) is 1. The van der Waals surface area contributed by atoms with Crippen molar-refractivity contribution >= 4 is 12.1 Å². The maximum atomic E-state index is 13.0. The van der Waals surface area contributed by atoms with Crippen LogP contribution < -0.4 is 0 Å². The fourth-order valence-electron chi connectivity index (χ4n) is 4.41. The number of ether oxygens (including phenoxy) is 2. The average molecular weight is 384 g/mol. The van der Waals surface area contributed by atoms with Crippen molar-refractivity contribution in [2.24, 2.45) is 11.8 Å². The Balaban J connectivity index is 2.25. The van der Waals surface area contributed by atoms with Crippen LogP contribution in [0.5, 0.6) is 0 Å². The minimum Gasteiger partial charge on any atom is -0.481 e. The van der Waals surface area contributed by atoms with Gasteiger partial charge < -0.3 is 14.6 Å². The van der Waals surface area contributed by atoms with Gasteiger partial charge in [0.1, 0.15) is 11.3 Å². The number of carbonyl (C=O) groups is 2. The molecular formula is C21H37NO5. The van der Waals surface area contributed by atoms with E-state index in [2.05, 4.69) is 0 Å². The number of nitrogens with zero attached hydrogens (tertiary/aromatic N) is 1. The van der Waals surface area contributed by atoms with Crippen LogP contribution in [0.15, 0.2) is 0 Å². The minimum atomic E-state index is -0.830. The third-order valence-corrected chi connectivity index (χ3v) is 5.68. The molecule has 6 nitrogen and oxygen atoms in total. The van der Waals surface area contributed by atoms with Crippen LogP contribution in [0, 0.1) is 11.8 Å². The van der Waals surface area contributed by atoms with Crippen molar-refractivity contribution in [2.75, 3.05) is 0 Å². The summed E-state index contributed by atoms with van der Waals surface area (Å²) >= 11 is 0. The van der Waals surface area contributed by atoms with Gasteiger partial charge in [-0.3, -0.25) is 9.69 Å². The van der Waals surface area contributed by atoms with Crippen LogP contribution in [0.25, 0.3) is 0 Å². The molecular weight excluding hydrogens is 346 g/mol. The molecule has 1 N–H and O–H groups in total. The van der Waals surface area contributed by atoms with Crippen molar-refractivity contribution in [3.63, 3.8) is 0 Å². The normalized spacial score (nSPS) is 27.4. The molecule has 0 bridgehead atoms. The van der Waals surface area contributed by atoms with Gasteiger partial charge in [-0.25, -0.2) is 4.79 Å². The number of carboxylic acids is 1. The Morgan fingerprint density at radius 2 is 1.81 bits per heavy atom. The van der Waals surface area contributed by atoms with E-state index in [1.54, 1.807) is 11.8 Å². The Labute approximate surface area is 163 Å². The lowest BCUT2D eigenvalue weighted by molar-refractivity contribution is -0.143. The van der Waals surface area contributed by atoms with Crippen LogP contribution in [0.2, 0.25) is 0 Å². The highest BCUT2D eigenvalue weighted by Gasteiger charge is 2.52. The highest BCUT2D eigenvalue weighted by Crippen LogP contribution is 2.41. The molecule has 27 heavy (non-hydrogen) atoms. The molecule has 1 aliphatic heterocycles. The van der Waals surface area contributed by atoms with Crippen LogP contribution in [0.4, 0.5) is 4.79 Å². The van der Waals surface area contributed by atoms with Crippen molar-refractivity contribution in [1.29, 1.82) is 0 Å². The number of hydrogen-bond donors (Lipinski definition) is 1. The molecule has 0 aromatic carbocycles. The molecule has 1 amide bonds. The molecule has 0 aromatic heterocycles. The SMILES string of the molecule is C[C@@H](C[C@@H]1OC(C)(C)N(C(=O)OC(C)(C)C)[C@H]1CC1CCCCC1)C(=O)O. The van der Waals surface area contributed by atoms with Crippen molar-refractivity contribution in [3.8, 4) is 0 Å². The minimum absolute atomic E-state index is 0.153.